The minimum Gasteiger partial charge on any atom is -0.506 e. The van der Waals surface area contributed by atoms with E-state index in [1.54, 1.807) is 6.07 Å². The Morgan fingerprint density at radius 2 is 1.74 bits per heavy atom. The third-order valence-corrected chi connectivity index (χ3v) is 4.37. The molecule has 9 heteroatoms. The molecular formula is C18H17N3O6. The molecule has 0 bridgehead atoms. The number of nitrogens with zero attached hydrogens (tertiary/aromatic N) is 2. The number of carbonyl (C=O) groups excluding carboxylic acids is 1. The van der Waals surface area contributed by atoms with Gasteiger partial charge in [-0.3, -0.25) is 14.9 Å². The molecule has 3 N–H and O–H groups in total. The van der Waals surface area contributed by atoms with Gasteiger partial charge in [-0.15, -0.1) is 0 Å². The predicted octanol–water partition coefficient (Wildman–Crippen LogP) is 2.85. The quantitative estimate of drug-likeness (QED) is 0.418. The molecule has 2 aromatic carbocycles. The van der Waals surface area contributed by atoms with Crippen LogP contribution in [0.5, 0.6) is 5.75 Å². The molecule has 140 valence electrons. The van der Waals surface area contributed by atoms with Crippen LogP contribution in [0.4, 0.5) is 17.1 Å². The van der Waals surface area contributed by atoms with Gasteiger partial charge >= 0.3 is 5.97 Å². The molecule has 1 saturated heterocycles. The van der Waals surface area contributed by atoms with Crippen LogP contribution >= 0.6 is 0 Å². The first-order chi connectivity index (χ1) is 12.9. The topological polar surface area (TPSA) is 133 Å². The maximum Gasteiger partial charge on any atom is 0.335 e. The molecule has 0 unspecified atom stereocenters. The van der Waals surface area contributed by atoms with Crippen LogP contribution < -0.4 is 10.2 Å². The van der Waals surface area contributed by atoms with Gasteiger partial charge in [0, 0.05) is 24.7 Å². The van der Waals surface area contributed by atoms with Crippen molar-refractivity contribution < 1.29 is 24.7 Å². The summed E-state index contributed by atoms with van der Waals surface area (Å²) in [6.45, 7) is 1.46. The van der Waals surface area contributed by atoms with E-state index in [4.69, 9.17) is 5.11 Å². The number of carbonyl (C=O) groups is 2. The number of nitrogens with one attached hydrogen (secondary N) is 1. The number of carboxylic acid groups (broad SMARTS) is 1. The Morgan fingerprint density at radius 1 is 1.07 bits per heavy atom. The zero-order valence-electron chi connectivity index (χ0n) is 14.2. The van der Waals surface area contributed by atoms with Gasteiger partial charge in [-0.2, -0.15) is 0 Å². The first-order valence-corrected chi connectivity index (χ1v) is 8.28. The fraction of sp³-hybridized carbons (Fsp3) is 0.222. The van der Waals surface area contributed by atoms with Crippen LogP contribution in [0, 0.1) is 10.1 Å². The van der Waals surface area contributed by atoms with Crippen LogP contribution in [0.2, 0.25) is 0 Å². The predicted molar refractivity (Wildman–Crippen MR) is 97.6 cm³/mol. The zero-order chi connectivity index (χ0) is 19.6. The summed E-state index contributed by atoms with van der Waals surface area (Å²) in [5, 5.41) is 32.6. The van der Waals surface area contributed by atoms with Gasteiger partial charge in [0.15, 0.2) is 0 Å². The van der Waals surface area contributed by atoms with E-state index in [-0.39, 0.29) is 22.5 Å². The zero-order valence-corrected chi connectivity index (χ0v) is 14.2. The maximum atomic E-state index is 12.4. The highest BCUT2D eigenvalue weighted by molar-refractivity contribution is 6.06. The van der Waals surface area contributed by atoms with Crippen molar-refractivity contribution in [2.45, 2.75) is 12.8 Å². The lowest BCUT2D eigenvalue weighted by Gasteiger charge is -2.18. The minimum atomic E-state index is -1.21. The lowest BCUT2D eigenvalue weighted by atomic mass is 10.1. The van der Waals surface area contributed by atoms with Gasteiger partial charge < -0.3 is 20.4 Å². The summed E-state index contributed by atoms with van der Waals surface area (Å²) in [7, 11) is 0. The molecule has 3 rings (SSSR count). The van der Waals surface area contributed by atoms with Gasteiger partial charge in [0.25, 0.3) is 11.6 Å². The van der Waals surface area contributed by atoms with Crippen LogP contribution in [0.3, 0.4) is 0 Å². The van der Waals surface area contributed by atoms with Crippen LogP contribution in [0.1, 0.15) is 33.6 Å². The lowest BCUT2D eigenvalue weighted by molar-refractivity contribution is -0.384. The summed E-state index contributed by atoms with van der Waals surface area (Å²) in [4.78, 5) is 36.1. The van der Waals surface area contributed by atoms with Crippen LogP contribution in [0.25, 0.3) is 0 Å². The minimum absolute atomic E-state index is 0.0104. The molecule has 0 atom stereocenters. The molecule has 0 aromatic heterocycles. The fourth-order valence-corrected chi connectivity index (χ4v) is 3.00. The van der Waals surface area contributed by atoms with Gasteiger partial charge in [0.1, 0.15) is 11.4 Å². The summed E-state index contributed by atoms with van der Waals surface area (Å²) in [5.74, 6) is -2.27. The van der Waals surface area contributed by atoms with Crippen molar-refractivity contribution >= 4 is 28.9 Å². The maximum absolute atomic E-state index is 12.4. The molecule has 1 aliphatic rings. The fourth-order valence-electron chi connectivity index (χ4n) is 3.00. The number of aromatic hydroxyl groups is 1. The second kappa shape index (κ2) is 7.32. The van der Waals surface area contributed by atoms with Crippen molar-refractivity contribution in [2.24, 2.45) is 0 Å². The highest BCUT2D eigenvalue weighted by atomic mass is 16.6. The van der Waals surface area contributed by atoms with E-state index in [9.17, 15) is 24.8 Å². The first-order valence-electron chi connectivity index (χ1n) is 8.28. The summed E-state index contributed by atoms with van der Waals surface area (Å²) >= 11 is 0. The Bertz CT molecular complexity index is 921. The summed E-state index contributed by atoms with van der Waals surface area (Å²) in [5.41, 5.74) is 0.261. The van der Waals surface area contributed by atoms with Gasteiger partial charge in [-0.1, -0.05) is 0 Å². The average Bonchev–Trinajstić information content (AvgIpc) is 3.17. The summed E-state index contributed by atoms with van der Waals surface area (Å²) in [6, 6.07) is 7.73. The summed E-state index contributed by atoms with van der Waals surface area (Å²) in [6.07, 6.45) is 1.93. The van der Waals surface area contributed by atoms with Crippen molar-refractivity contribution in [3.63, 3.8) is 0 Å². The second-order valence-corrected chi connectivity index (χ2v) is 6.15. The Balaban J connectivity index is 1.85. The molecule has 0 saturated carbocycles. The molecule has 9 nitrogen and oxygen atoms in total. The number of aromatic carboxylic acids is 1. The number of benzene rings is 2. The first kappa shape index (κ1) is 18.2. The third-order valence-electron chi connectivity index (χ3n) is 4.37. The van der Waals surface area contributed by atoms with Gasteiger partial charge in [-0.25, -0.2) is 4.79 Å². The number of hydrogen-bond donors (Lipinski definition) is 3. The van der Waals surface area contributed by atoms with Crippen molar-refractivity contribution in [2.75, 3.05) is 23.3 Å². The largest absolute Gasteiger partial charge is 0.506 e. The number of amides is 1. The molecule has 0 radical (unpaired) electrons. The third kappa shape index (κ3) is 3.81. The van der Waals surface area contributed by atoms with E-state index in [2.05, 4.69) is 5.32 Å². The van der Waals surface area contributed by atoms with Crippen molar-refractivity contribution in [3.05, 3.63) is 57.6 Å². The SMILES string of the molecule is O=C(O)c1ccc(NC(=O)c2ccc(N3CCCC3)c([N+](=O)[O-])c2)c(O)c1. The Hall–Kier alpha value is -3.62. The van der Waals surface area contributed by atoms with E-state index >= 15 is 0 Å². The molecule has 2 aromatic rings. The molecule has 1 amide bonds. The number of nitro groups is 1. The molecule has 1 heterocycles. The number of anilines is 2. The normalized spacial score (nSPS) is 13.4. The highest BCUT2D eigenvalue weighted by Crippen LogP contribution is 2.32. The van der Waals surface area contributed by atoms with E-state index in [1.165, 1.54) is 24.3 Å². The van der Waals surface area contributed by atoms with Crippen molar-refractivity contribution in [1.82, 2.24) is 0 Å². The van der Waals surface area contributed by atoms with Crippen molar-refractivity contribution in [1.29, 1.82) is 0 Å². The number of rotatable bonds is 5. The Kier molecular flexibility index (Phi) is 4.93. The van der Waals surface area contributed by atoms with Crippen LogP contribution in [-0.4, -0.2) is 40.1 Å². The number of hydrogen-bond acceptors (Lipinski definition) is 6. The van der Waals surface area contributed by atoms with Gasteiger partial charge in [-0.05, 0) is 43.2 Å². The monoisotopic (exact) mass is 371 g/mol. The highest BCUT2D eigenvalue weighted by Gasteiger charge is 2.24. The standard InChI is InChI=1S/C18H17N3O6/c22-16-10-12(18(24)25)3-5-13(16)19-17(23)11-4-6-14(15(9-11)21(26)27)20-7-1-2-8-20/h3-6,9-10,22H,1-2,7-8H2,(H,19,23)(H,24,25). The van der Waals surface area contributed by atoms with Crippen LogP contribution in [-0.2, 0) is 0 Å². The Labute approximate surface area is 154 Å². The number of carboxylic acids is 1. The lowest BCUT2D eigenvalue weighted by Crippen LogP contribution is -2.19. The summed E-state index contributed by atoms with van der Waals surface area (Å²) < 4.78 is 0. The molecular weight excluding hydrogens is 354 g/mol. The molecule has 0 spiro atoms. The number of phenolic OH excluding ortho intramolecular Hbond substituents is 1. The smallest absolute Gasteiger partial charge is 0.335 e. The second-order valence-electron chi connectivity index (χ2n) is 6.15. The average molecular weight is 371 g/mol. The Morgan fingerprint density at radius 3 is 2.33 bits per heavy atom. The molecule has 1 fully saturated rings. The molecule has 27 heavy (non-hydrogen) atoms. The van der Waals surface area contributed by atoms with Gasteiger partial charge in [0.2, 0.25) is 0 Å². The van der Waals surface area contributed by atoms with E-state index in [0.29, 0.717) is 5.69 Å². The van der Waals surface area contributed by atoms with E-state index in [0.717, 1.165) is 32.0 Å². The molecule has 1 aliphatic heterocycles. The van der Waals surface area contributed by atoms with Gasteiger partial charge in [0.05, 0.1) is 16.2 Å². The molecule has 0 aliphatic carbocycles. The van der Waals surface area contributed by atoms with E-state index < -0.39 is 22.5 Å². The number of nitro benzene ring substituents is 1. The van der Waals surface area contributed by atoms with E-state index in [1.807, 2.05) is 4.90 Å². The van der Waals surface area contributed by atoms with Crippen LogP contribution in [0.15, 0.2) is 36.4 Å². The van der Waals surface area contributed by atoms with Crippen molar-refractivity contribution in [3.8, 4) is 5.75 Å². The number of phenols is 1.